The number of aromatic nitrogens is 2. The number of carbonyl (C=O) groups is 1. The van der Waals surface area contributed by atoms with Gasteiger partial charge in [-0.15, -0.1) is 0 Å². The van der Waals surface area contributed by atoms with E-state index in [0.29, 0.717) is 17.5 Å². The average Bonchev–Trinajstić information content (AvgIpc) is 2.79. The fourth-order valence-corrected chi connectivity index (χ4v) is 2.97. The van der Waals surface area contributed by atoms with Crippen LogP contribution < -0.4 is 0 Å². The minimum absolute atomic E-state index is 0.00406. The molecule has 0 atom stereocenters. The van der Waals surface area contributed by atoms with Gasteiger partial charge in [0.05, 0.1) is 5.75 Å². The van der Waals surface area contributed by atoms with E-state index in [1.165, 1.54) is 11.8 Å². The van der Waals surface area contributed by atoms with Crippen molar-refractivity contribution in [1.82, 2.24) is 9.55 Å². The van der Waals surface area contributed by atoms with Gasteiger partial charge in [0.25, 0.3) is 0 Å². The monoisotopic (exact) mass is 324 g/mol. The first-order valence-electron chi connectivity index (χ1n) is 6.62. The third-order valence-corrected chi connectivity index (χ3v) is 4.21. The summed E-state index contributed by atoms with van der Waals surface area (Å²) >= 11 is 7.26. The second-order valence-electron chi connectivity index (χ2n) is 5.02. The molecule has 0 unspecified atom stereocenters. The van der Waals surface area contributed by atoms with Gasteiger partial charge >= 0.3 is 5.97 Å². The number of imidazole rings is 1. The number of rotatable bonds is 6. The quantitative estimate of drug-likeness (QED) is 0.819. The molecule has 0 radical (unpaired) electrons. The Labute approximate surface area is 133 Å². The molecule has 0 bridgehead atoms. The fourth-order valence-electron chi connectivity index (χ4n) is 2.05. The van der Waals surface area contributed by atoms with Crippen molar-refractivity contribution in [2.45, 2.75) is 31.5 Å². The number of carboxylic acids is 1. The zero-order valence-electron chi connectivity index (χ0n) is 11.9. The van der Waals surface area contributed by atoms with Crippen LogP contribution in [0, 0.1) is 0 Å². The van der Waals surface area contributed by atoms with E-state index < -0.39 is 5.97 Å². The first-order chi connectivity index (χ1) is 9.97. The van der Waals surface area contributed by atoms with Crippen molar-refractivity contribution in [3.63, 3.8) is 0 Å². The van der Waals surface area contributed by atoms with Gasteiger partial charge in [-0.3, -0.25) is 4.79 Å². The molecular formula is C15H17ClN2O2S. The number of halogens is 1. The highest BCUT2D eigenvalue weighted by Gasteiger charge is 2.14. The summed E-state index contributed by atoms with van der Waals surface area (Å²) in [6.07, 6.45) is 1.82. The standard InChI is InChI=1S/C15H17ClN2O2S/c1-10(2)13-7-17-15(21-9-14(19)20)18(13)8-11-4-3-5-12(16)6-11/h3-7,10H,8-9H2,1-2H3,(H,19,20). The van der Waals surface area contributed by atoms with Crippen LogP contribution in [-0.4, -0.2) is 26.4 Å². The highest BCUT2D eigenvalue weighted by molar-refractivity contribution is 7.99. The summed E-state index contributed by atoms with van der Waals surface area (Å²) in [6.45, 7) is 4.82. The third-order valence-electron chi connectivity index (χ3n) is 3.00. The molecular weight excluding hydrogens is 308 g/mol. The van der Waals surface area contributed by atoms with Gasteiger partial charge in [-0.05, 0) is 23.6 Å². The maximum atomic E-state index is 10.8. The summed E-state index contributed by atoms with van der Waals surface area (Å²) in [4.78, 5) is 15.1. The van der Waals surface area contributed by atoms with Crippen molar-refractivity contribution in [1.29, 1.82) is 0 Å². The van der Waals surface area contributed by atoms with Gasteiger partial charge in [0, 0.05) is 23.5 Å². The molecule has 2 aromatic rings. The normalized spacial score (nSPS) is 11.0. The Morgan fingerprint density at radius 3 is 2.86 bits per heavy atom. The van der Waals surface area contributed by atoms with Crippen molar-refractivity contribution >= 4 is 29.3 Å². The van der Waals surface area contributed by atoms with Crippen molar-refractivity contribution in [3.05, 3.63) is 46.7 Å². The molecule has 21 heavy (non-hydrogen) atoms. The Kier molecular flexibility index (Phi) is 5.31. The van der Waals surface area contributed by atoms with Crippen LogP contribution in [0.3, 0.4) is 0 Å². The van der Waals surface area contributed by atoms with Gasteiger partial charge in [0.15, 0.2) is 5.16 Å². The van der Waals surface area contributed by atoms with Gasteiger partial charge in [0.1, 0.15) is 0 Å². The molecule has 0 aliphatic rings. The van der Waals surface area contributed by atoms with E-state index in [9.17, 15) is 4.79 Å². The molecule has 1 heterocycles. The van der Waals surface area contributed by atoms with Gasteiger partial charge in [0.2, 0.25) is 0 Å². The van der Waals surface area contributed by atoms with Crippen LogP contribution in [0.5, 0.6) is 0 Å². The lowest BCUT2D eigenvalue weighted by molar-refractivity contribution is -0.133. The predicted molar refractivity (Wildman–Crippen MR) is 85.2 cm³/mol. The molecule has 6 heteroatoms. The fraction of sp³-hybridized carbons (Fsp3) is 0.333. The van der Waals surface area contributed by atoms with Crippen LogP contribution in [-0.2, 0) is 11.3 Å². The van der Waals surface area contributed by atoms with E-state index in [2.05, 4.69) is 23.4 Å². The van der Waals surface area contributed by atoms with Crippen LogP contribution in [0.25, 0.3) is 0 Å². The lowest BCUT2D eigenvalue weighted by Crippen LogP contribution is -2.08. The zero-order valence-corrected chi connectivity index (χ0v) is 13.5. The third kappa shape index (κ3) is 4.25. The zero-order chi connectivity index (χ0) is 15.4. The molecule has 0 spiro atoms. The Morgan fingerprint density at radius 2 is 2.24 bits per heavy atom. The number of carboxylic acid groups (broad SMARTS) is 1. The summed E-state index contributed by atoms with van der Waals surface area (Å²) in [6, 6.07) is 7.66. The van der Waals surface area contributed by atoms with Crippen LogP contribution in [0.2, 0.25) is 5.02 Å². The number of hydrogen-bond acceptors (Lipinski definition) is 3. The lowest BCUT2D eigenvalue weighted by Gasteiger charge is -2.14. The lowest BCUT2D eigenvalue weighted by atomic mass is 10.1. The molecule has 1 aromatic heterocycles. The SMILES string of the molecule is CC(C)c1cnc(SCC(=O)O)n1Cc1cccc(Cl)c1. The van der Waals surface area contributed by atoms with Crippen molar-refractivity contribution in [2.75, 3.05) is 5.75 Å². The number of aliphatic carboxylic acids is 1. The molecule has 0 aliphatic carbocycles. The van der Waals surface area contributed by atoms with E-state index >= 15 is 0 Å². The van der Waals surface area contributed by atoms with Crippen molar-refractivity contribution in [2.24, 2.45) is 0 Å². The van der Waals surface area contributed by atoms with Gasteiger partial charge in [-0.25, -0.2) is 4.98 Å². The summed E-state index contributed by atoms with van der Waals surface area (Å²) in [5.74, 6) is -0.524. The second-order valence-corrected chi connectivity index (χ2v) is 6.40. The van der Waals surface area contributed by atoms with Gasteiger partial charge in [-0.1, -0.05) is 49.3 Å². The smallest absolute Gasteiger partial charge is 0.313 e. The first-order valence-corrected chi connectivity index (χ1v) is 7.98. The topological polar surface area (TPSA) is 55.1 Å². The minimum Gasteiger partial charge on any atom is -0.481 e. The van der Waals surface area contributed by atoms with E-state index in [-0.39, 0.29) is 5.75 Å². The molecule has 2 rings (SSSR count). The van der Waals surface area contributed by atoms with Gasteiger partial charge < -0.3 is 9.67 Å². The molecule has 0 amide bonds. The van der Waals surface area contributed by atoms with Crippen LogP contribution in [0.1, 0.15) is 31.0 Å². The number of hydrogen-bond donors (Lipinski definition) is 1. The van der Waals surface area contributed by atoms with Crippen LogP contribution in [0.4, 0.5) is 0 Å². The Bertz CT molecular complexity index is 640. The largest absolute Gasteiger partial charge is 0.481 e. The van der Waals surface area contributed by atoms with E-state index in [1.54, 1.807) is 0 Å². The molecule has 1 aromatic carbocycles. The van der Waals surface area contributed by atoms with Crippen molar-refractivity contribution < 1.29 is 9.90 Å². The number of benzene rings is 1. The first kappa shape index (κ1) is 15.9. The van der Waals surface area contributed by atoms with Crippen molar-refractivity contribution in [3.8, 4) is 0 Å². The molecule has 0 aliphatic heterocycles. The highest BCUT2D eigenvalue weighted by Crippen LogP contribution is 2.25. The Balaban J connectivity index is 2.30. The second kappa shape index (κ2) is 7.00. The van der Waals surface area contributed by atoms with E-state index in [1.807, 2.05) is 30.5 Å². The molecule has 0 saturated carbocycles. The summed E-state index contributed by atoms with van der Waals surface area (Å²) < 4.78 is 2.06. The highest BCUT2D eigenvalue weighted by atomic mass is 35.5. The van der Waals surface area contributed by atoms with Crippen LogP contribution >= 0.6 is 23.4 Å². The molecule has 1 N–H and O–H groups in total. The minimum atomic E-state index is -0.844. The average molecular weight is 325 g/mol. The van der Waals surface area contributed by atoms with Crippen LogP contribution in [0.15, 0.2) is 35.6 Å². The summed E-state index contributed by atoms with van der Waals surface area (Å²) in [5.41, 5.74) is 2.16. The molecule has 0 fully saturated rings. The maximum absolute atomic E-state index is 10.8. The maximum Gasteiger partial charge on any atom is 0.313 e. The summed E-state index contributed by atoms with van der Waals surface area (Å²) in [5, 5.41) is 10.2. The molecule has 0 saturated heterocycles. The van der Waals surface area contributed by atoms with Gasteiger partial charge in [-0.2, -0.15) is 0 Å². The Morgan fingerprint density at radius 1 is 1.48 bits per heavy atom. The Hall–Kier alpha value is -1.46. The molecule has 4 nitrogen and oxygen atoms in total. The molecule has 112 valence electrons. The predicted octanol–water partition coefficient (Wildman–Crippen LogP) is 3.88. The van der Waals surface area contributed by atoms with E-state index in [4.69, 9.17) is 16.7 Å². The number of thioether (sulfide) groups is 1. The summed E-state index contributed by atoms with van der Waals surface area (Å²) in [7, 11) is 0. The van der Waals surface area contributed by atoms with E-state index in [0.717, 1.165) is 16.4 Å². The number of nitrogens with zero attached hydrogens (tertiary/aromatic N) is 2.